The standard InChI is InChI=1S/C22H31N3O5/c1-16(2)13-24-10-11-29-19(14-24)15-30-21(27)12-23-22(28)17-5-7-18(8-6-17)25-9-3-4-20(25)26/h5-8,16,19H,3-4,9-15H2,1-2H3,(H,23,28)/p+1/t19-/m0/s1. The minimum absolute atomic E-state index is 0.103. The number of hydrogen-bond acceptors (Lipinski definition) is 5. The minimum Gasteiger partial charge on any atom is -0.461 e. The normalized spacial score (nSPS) is 21.7. The molecule has 1 unspecified atom stereocenters. The van der Waals surface area contributed by atoms with E-state index in [2.05, 4.69) is 19.2 Å². The third kappa shape index (κ3) is 6.27. The van der Waals surface area contributed by atoms with Crippen molar-refractivity contribution in [3.05, 3.63) is 29.8 Å². The van der Waals surface area contributed by atoms with Crippen LogP contribution in [0.1, 0.15) is 37.0 Å². The predicted octanol–water partition coefficient (Wildman–Crippen LogP) is 0.0261. The van der Waals surface area contributed by atoms with Gasteiger partial charge < -0.3 is 24.6 Å². The van der Waals surface area contributed by atoms with Crippen LogP contribution in [-0.2, 0) is 19.1 Å². The second kappa shape index (κ2) is 10.5. The zero-order valence-corrected chi connectivity index (χ0v) is 17.8. The smallest absolute Gasteiger partial charge is 0.325 e. The quantitative estimate of drug-likeness (QED) is 0.582. The fraction of sp³-hybridized carbons (Fsp3) is 0.591. The van der Waals surface area contributed by atoms with Crippen molar-refractivity contribution in [1.82, 2.24) is 5.32 Å². The Morgan fingerprint density at radius 3 is 2.73 bits per heavy atom. The number of benzene rings is 1. The van der Waals surface area contributed by atoms with Crippen LogP contribution in [0, 0.1) is 5.92 Å². The third-order valence-corrected chi connectivity index (χ3v) is 5.36. The van der Waals surface area contributed by atoms with Crippen LogP contribution < -0.4 is 15.1 Å². The summed E-state index contributed by atoms with van der Waals surface area (Å²) in [4.78, 5) is 39.2. The van der Waals surface area contributed by atoms with Crippen molar-refractivity contribution in [2.24, 2.45) is 5.92 Å². The molecule has 2 N–H and O–H groups in total. The van der Waals surface area contributed by atoms with E-state index in [0.717, 1.165) is 31.7 Å². The summed E-state index contributed by atoms with van der Waals surface area (Å²) in [5, 5.41) is 2.58. The van der Waals surface area contributed by atoms with Gasteiger partial charge in [-0.05, 0) is 30.7 Å². The van der Waals surface area contributed by atoms with Gasteiger partial charge >= 0.3 is 5.97 Å². The molecule has 2 aliphatic heterocycles. The lowest BCUT2D eigenvalue weighted by Crippen LogP contribution is -3.15. The molecule has 0 aromatic heterocycles. The SMILES string of the molecule is CC(C)C[NH+]1CCO[C@H](COC(=O)CNC(=O)c2ccc(N3CCCC3=O)cc2)C1. The summed E-state index contributed by atoms with van der Waals surface area (Å²) < 4.78 is 11.0. The van der Waals surface area contributed by atoms with E-state index >= 15 is 0 Å². The molecule has 0 saturated carbocycles. The van der Waals surface area contributed by atoms with Gasteiger partial charge in [-0.25, -0.2) is 0 Å². The Labute approximate surface area is 177 Å². The van der Waals surface area contributed by atoms with Gasteiger partial charge in [0.25, 0.3) is 5.91 Å². The van der Waals surface area contributed by atoms with Crippen molar-refractivity contribution in [3.63, 3.8) is 0 Å². The van der Waals surface area contributed by atoms with Crippen LogP contribution in [0.4, 0.5) is 5.69 Å². The Morgan fingerprint density at radius 2 is 2.07 bits per heavy atom. The number of nitrogens with one attached hydrogen (secondary N) is 2. The highest BCUT2D eigenvalue weighted by molar-refractivity contribution is 5.98. The summed E-state index contributed by atoms with van der Waals surface area (Å²) in [7, 11) is 0. The van der Waals surface area contributed by atoms with Gasteiger partial charge in [0.05, 0.1) is 13.2 Å². The number of hydrogen-bond donors (Lipinski definition) is 2. The average molecular weight is 419 g/mol. The molecule has 2 aliphatic rings. The molecule has 1 aromatic carbocycles. The van der Waals surface area contributed by atoms with Crippen LogP contribution in [0.2, 0.25) is 0 Å². The Hall–Kier alpha value is -2.45. The number of morpholine rings is 1. The van der Waals surface area contributed by atoms with E-state index in [4.69, 9.17) is 9.47 Å². The number of quaternary nitrogens is 1. The summed E-state index contributed by atoms with van der Waals surface area (Å²) in [6, 6.07) is 6.82. The number of amides is 2. The first-order valence-electron chi connectivity index (χ1n) is 10.7. The van der Waals surface area contributed by atoms with E-state index in [1.54, 1.807) is 29.2 Å². The van der Waals surface area contributed by atoms with E-state index in [1.165, 1.54) is 4.90 Å². The minimum atomic E-state index is -0.484. The molecule has 0 spiro atoms. The molecule has 0 radical (unpaired) electrons. The molecule has 30 heavy (non-hydrogen) atoms. The van der Waals surface area contributed by atoms with Gasteiger partial charge in [-0.2, -0.15) is 0 Å². The molecular formula is C22H32N3O5+. The molecule has 0 aliphatic carbocycles. The van der Waals surface area contributed by atoms with Gasteiger partial charge in [-0.1, -0.05) is 13.8 Å². The first-order chi connectivity index (χ1) is 14.4. The largest absolute Gasteiger partial charge is 0.461 e. The molecule has 2 saturated heterocycles. The average Bonchev–Trinajstić information content (AvgIpc) is 3.16. The second-order valence-electron chi connectivity index (χ2n) is 8.36. The van der Waals surface area contributed by atoms with E-state index in [-0.39, 0.29) is 31.1 Å². The Balaban J connectivity index is 1.39. The molecule has 0 bridgehead atoms. The van der Waals surface area contributed by atoms with E-state index in [1.807, 2.05) is 0 Å². The zero-order chi connectivity index (χ0) is 21.5. The molecule has 2 heterocycles. The maximum atomic E-state index is 12.3. The fourth-order valence-electron chi connectivity index (χ4n) is 3.93. The number of nitrogens with zero attached hydrogens (tertiary/aromatic N) is 1. The molecule has 8 nitrogen and oxygen atoms in total. The Kier molecular flexibility index (Phi) is 7.81. The second-order valence-corrected chi connectivity index (χ2v) is 8.36. The van der Waals surface area contributed by atoms with Gasteiger partial charge in [0.1, 0.15) is 32.3 Å². The van der Waals surface area contributed by atoms with E-state index < -0.39 is 5.97 Å². The van der Waals surface area contributed by atoms with Crippen molar-refractivity contribution < 1.29 is 28.8 Å². The summed E-state index contributed by atoms with van der Waals surface area (Å²) in [5.41, 5.74) is 1.22. The van der Waals surface area contributed by atoms with Crippen LogP contribution in [0.3, 0.4) is 0 Å². The maximum absolute atomic E-state index is 12.3. The number of rotatable bonds is 8. The van der Waals surface area contributed by atoms with Crippen molar-refractivity contribution in [3.8, 4) is 0 Å². The van der Waals surface area contributed by atoms with Crippen LogP contribution in [-0.4, -0.2) is 69.8 Å². The van der Waals surface area contributed by atoms with Gasteiger partial charge in [-0.15, -0.1) is 0 Å². The summed E-state index contributed by atoms with van der Waals surface area (Å²) >= 11 is 0. The highest BCUT2D eigenvalue weighted by Gasteiger charge is 2.25. The van der Waals surface area contributed by atoms with Crippen molar-refractivity contribution >= 4 is 23.5 Å². The van der Waals surface area contributed by atoms with Crippen molar-refractivity contribution in [2.45, 2.75) is 32.8 Å². The van der Waals surface area contributed by atoms with Gasteiger partial charge in [-0.3, -0.25) is 14.4 Å². The molecule has 1 aromatic rings. The third-order valence-electron chi connectivity index (χ3n) is 5.36. The number of carbonyl (C=O) groups excluding carboxylic acids is 3. The summed E-state index contributed by atoms with van der Waals surface area (Å²) in [6.07, 6.45) is 1.31. The van der Waals surface area contributed by atoms with Crippen molar-refractivity contribution in [1.29, 1.82) is 0 Å². The van der Waals surface area contributed by atoms with Crippen molar-refractivity contribution in [2.75, 3.05) is 50.8 Å². The number of esters is 1. The van der Waals surface area contributed by atoms with E-state index in [9.17, 15) is 14.4 Å². The van der Waals surface area contributed by atoms with E-state index in [0.29, 0.717) is 31.1 Å². The van der Waals surface area contributed by atoms with Gasteiger partial charge in [0.2, 0.25) is 5.91 Å². The first kappa shape index (κ1) is 22.2. The van der Waals surface area contributed by atoms with Crippen LogP contribution >= 0.6 is 0 Å². The molecule has 3 rings (SSSR count). The molecule has 2 atom stereocenters. The highest BCUT2D eigenvalue weighted by atomic mass is 16.6. The molecular weight excluding hydrogens is 386 g/mol. The van der Waals surface area contributed by atoms with Crippen LogP contribution in [0.25, 0.3) is 0 Å². The number of ether oxygens (including phenoxy) is 2. The highest BCUT2D eigenvalue weighted by Crippen LogP contribution is 2.21. The Bertz CT molecular complexity index is 750. The van der Waals surface area contributed by atoms with Gasteiger partial charge in [0.15, 0.2) is 0 Å². The Morgan fingerprint density at radius 1 is 1.30 bits per heavy atom. The monoisotopic (exact) mass is 418 g/mol. The van der Waals surface area contributed by atoms with Crippen LogP contribution in [0.15, 0.2) is 24.3 Å². The zero-order valence-electron chi connectivity index (χ0n) is 17.8. The molecule has 164 valence electrons. The van der Waals surface area contributed by atoms with Gasteiger partial charge in [0, 0.05) is 30.1 Å². The summed E-state index contributed by atoms with van der Waals surface area (Å²) in [5.74, 6) is -0.123. The molecule has 2 fully saturated rings. The molecule has 8 heteroatoms. The predicted molar refractivity (Wildman–Crippen MR) is 111 cm³/mol. The number of carbonyl (C=O) groups is 3. The first-order valence-corrected chi connectivity index (χ1v) is 10.7. The number of anilines is 1. The lowest BCUT2D eigenvalue weighted by Gasteiger charge is -2.30. The lowest BCUT2D eigenvalue weighted by molar-refractivity contribution is -0.914. The topological polar surface area (TPSA) is 89.4 Å². The fourth-order valence-corrected chi connectivity index (χ4v) is 3.93. The summed E-state index contributed by atoms with van der Waals surface area (Å²) in [6.45, 7) is 8.65. The molecule has 2 amide bonds. The maximum Gasteiger partial charge on any atom is 0.325 e. The lowest BCUT2D eigenvalue weighted by atomic mass is 10.2. The van der Waals surface area contributed by atoms with Crippen LogP contribution in [0.5, 0.6) is 0 Å².